The van der Waals surface area contributed by atoms with Crippen LogP contribution in [0.4, 0.5) is 0 Å². The van der Waals surface area contributed by atoms with Gasteiger partial charge >= 0.3 is 0 Å². The van der Waals surface area contributed by atoms with Crippen molar-refractivity contribution in [1.29, 1.82) is 0 Å². The van der Waals surface area contributed by atoms with Gasteiger partial charge < -0.3 is 15.4 Å². The average Bonchev–Trinajstić information content (AvgIpc) is 2.47. The summed E-state index contributed by atoms with van der Waals surface area (Å²) >= 11 is 0. The molecule has 2 saturated heterocycles. The molecule has 2 aliphatic rings. The zero-order chi connectivity index (χ0) is 13.7. The summed E-state index contributed by atoms with van der Waals surface area (Å²) in [6, 6.07) is 0.378. The molecule has 2 N–H and O–H groups in total. The molecule has 0 aromatic heterocycles. The number of rotatable bonds is 4. The molecule has 0 aliphatic carbocycles. The van der Waals surface area contributed by atoms with Gasteiger partial charge in [0.05, 0.1) is 19.8 Å². The van der Waals surface area contributed by atoms with Crippen LogP contribution < -0.4 is 5.73 Å². The molecule has 1 amide bonds. The van der Waals surface area contributed by atoms with E-state index in [1.54, 1.807) is 0 Å². The summed E-state index contributed by atoms with van der Waals surface area (Å²) in [6.07, 6.45) is 3.59. The lowest BCUT2D eigenvalue weighted by Crippen LogP contribution is -2.54. The summed E-state index contributed by atoms with van der Waals surface area (Å²) in [5.41, 5.74) is 5.93. The van der Waals surface area contributed by atoms with Crippen molar-refractivity contribution in [2.24, 2.45) is 11.7 Å². The van der Waals surface area contributed by atoms with Crippen LogP contribution in [0.25, 0.3) is 0 Å². The third-order valence-corrected chi connectivity index (χ3v) is 4.50. The standard InChI is InChI=1S/C14H27N3O2/c1-2-12-4-3-5-17(13(12)10-15)11-14(18)16-6-8-19-9-7-16/h12-13H,2-11,15H2,1H3. The van der Waals surface area contributed by atoms with E-state index in [4.69, 9.17) is 10.5 Å². The first-order valence-electron chi connectivity index (χ1n) is 7.56. The second-order valence-electron chi connectivity index (χ2n) is 5.58. The van der Waals surface area contributed by atoms with Crippen LogP contribution in [0.15, 0.2) is 0 Å². The molecule has 110 valence electrons. The fourth-order valence-corrected chi connectivity index (χ4v) is 3.31. The summed E-state index contributed by atoms with van der Waals surface area (Å²) in [5, 5.41) is 0. The van der Waals surface area contributed by atoms with Crippen molar-refractivity contribution in [3.8, 4) is 0 Å². The van der Waals surface area contributed by atoms with Crippen LogP contribution in [0.5, 0.6) is 0 Å². The molecule has 0 aromatic carbocycles. The minimum Gasteiger partial charge on any atom is -0.378 e. The third kappa shape index (κ3) is 3.68. The van der Waals surface area contributed by atoms with Gasteiger partial charge in [-0.15, -0.1) is 0 Å². The number of carbonyl (C=O) groups excluding carboxylic acids is 1. The van der Waals surface area contributed by atoms with E-state index >= 15 is 0 Å². The number of amides is 1. The van der Waals surface area contributed by atoms with Crippen molar-refractivity contribution < 1.29 is 9.53 Å². The van der Waals surface area contributed by atoms with E-state index in [0.717, 1.165) is 26.1 Å². The summed E-state index contributed by atoms with van der Waals surface area (Å²) < 4.78 is 5.29. The highest BCUT2D eigenvalue weighted by molar-refractivity contribution is 5.78. The van der Waals surface area contributed by atoms with Crippen LogP contribution >= 0.6 is 0 Å². The average molecular weight is 269 g/mol. The van der Waals surface area contributed by atoms with Crippen LogP contribution in [0.2, 0.25) is 0 Å². The first kappa shape index (κ1) is 14.8. The van der Waals surface area contributed by atoms with E-state index in [0.29, 0.717) is 38.3 Å². The summed E-state index contributed by atoms with van der Waals surface area (Å²) in [4.78, 5) is 16.5. The first-order valence-corrected chi connectivity index (χ1v) is 7.56. The fourth-order valence-electron chi connectivity index (χ4n) is 3.31. The van der Waals surface area contributed by atoms with Crippen LogP contribution in [-0.4, -0.2) is 67.7 Å². The van der Waals surface area contributed by atoms with Gasteiger partial charge in [0.25, 0.3) is 0 Å². The lowest BCUT2D eigenvalue weighted by molar-refractivity contribution is -0.137. The van der Waals surface area contributed by atoms with Gasteiger partial charge in [-0.3, -0.25) is 9.69 Å². The van der Waals surface area contributed by atoms with Crippen LogP contribution in [-0.2, 0) is 9.53 Å². The highest BCUT2D eigenvalue weighted by atomic mass is 16.5. The Morgan fingerprint density at radius 2 is 2.05 bits per heavy atom. The molecule has 0 saturated carbocycles. The van der Waals surface area contributed by atoms with Crippen LogP contribution in [0, 0.1) is 5.92 Å². The Kier molecular flexibility index (Phi) is 5.60. The van der Waals surface area contributed by atoms with E-state index in [1.807, 2.05) is 4.90 Å². The van der Waals surface area contributed by atoms with Gasteiger partial charge in [0.2, 0.25) is 5.91 Å². The predicted octanol–water partition coefficient (Wildman–Crippen LogP) is 0.295. The molecule has 2 rings (SSSR count). The SMILES string of the molecule is CCC1CCCN(CC(=O)N2CCOCC2)C1CN. The minimum absolute atomic E-state index is 0.235. The van der Waals surface area contributed by atoms with Gasteiger partial charge in [0.15, 0.2) is 0 Å². The molecule has 0 radical (unpaired) electrons. The van der Waals surface area contributed by atoms with Crippen molar-refractivity contribution >= 4 is 5.91 Å². The molecular weight excluding hydrogens is 242 g/mol. The zero-order valence-corrected chi connectivity index (χ0v) is 12.0. The lowest BCUT2D eigenvalue weighted by Gasteiger charge is -2.41. The van der Waals surface area contributed by atoms with E-state index in [2.05, 4.69) is 11.8 Å². The molecular formula is C14H27N3O2. The molecule has 19 heavy (non-hydrogen) atoms. The summed E-state index contributed by atoms with van der Waals surface area (Å²) in [6.45, 7) is 7.23. The largest absolute Gasteiger partial charge is 0.378 e. The number of nitrogens with two attached hydrogens (primary N) is 1. The highest BCUT2D eigenvalue weighted by Gasteiger charge is 2.31. The fraction of sp³-hybridized carbons (Fsp3) is 0.929. The Hall–Kier alpha value is -0.650. The van der Waals surface area contributed by atoms with Crippen molar-refractivity contribution in [3.63, 3.8) is 0 Å². The third-order valence-electron chi connectivity index (χ3n) is 4.50. The molecule has 2 heterocycles. The zero-order valence-electron chi connectivity index (χ0n) is 12.0. The highest BCUT2D eigenvalue weighted by Crippen LogP contribution is 2.25. The maximum Gasteiger partial charge on any atom is 0.236 e. The number of morpholine rings is 1. The Bertz CT molecular complexity index is 292. The Balaban J connectivity index is 1.90. The maximum absolute atomic E-state index is 12.3. The predicted molar refractivity (Wildman–Crippen MR) is 74.8 cm³/mol. The molecule has 2 fully saturated rings. The van der Waals surface area contributed by atoms with Gasteiger partial charge in [0, 0.05) is 25.7 Å². The molecule has 2 aliphatic heterocycles. The van der Waals surface area contributed by atoms with E-state index in [1.165, 1.54) is 12.8 Å². The smallest absolute Gasteiger partial charge is 0.236 e. The number of ether oxygens (including phenoxy) is 1. The van der Waals surface area contributed by atoms with Crippen LogP contribution in [0.1, 0.15) is 26.2 Å². The molecule has 5 nitrogen and oxygen atoms in total. The van der Waals surface area contributed by atoms with Crippen molar-refractivity contribution in [1.82, 2.24) is 9.80 Å². The van der Waals surface area contributed by atoms with Crippen molar-refractivity contribution in [3.05, 3.63) is 0 Å². The van der Waals surface area contributed by atoms with Gasteiger partial charge in [-0.05, 0) is 25.3 Å². The van der Waals surface area contributed by atoms with E-state index in [9.17, 15) is 4.79 Å². The van der Waals surface area contributed by atoms with Crippen molar-refractivity contribution in [2.75, 3.05) is 45.9 Å². The van der Waals surface area contributed by atoms with Gasteiger partial charge in [0.1, 0.15) is 0 Å². The van der Waals surface area contributed by atoms with Crippen LogP contribution in [0.3, 0.4) is 0 Å². The summed E-state index contributed by atoms with van der Waals surface area (Å²) in [5.74, 6) is 0.884. The minimum atomic E-state index is 0.235. The quantitative estimate of drug-likeness (QED) is 0.797. The monoisotopic (exact) mass is 269 g/mol. The first-order chi connectivity index (χ1) is 9.26. The number of piperidine rings is 1. The van der Waals surface area contributed by atoms with E-state index < -0.39 is 0 Å². The number of hydrogen-bond donors (Lipinski definition) is 1. The normalized spacial score (nSPS) is 29.5. The molecule has 5 heteroatoms. The number of carbonyl (C=O) groups is 1. The van der Waals surface area contributed by atoms with Gasteiger partial charge in [-0.2, -0.15) is 0 Å². The summed E-state index contributed by atoms with van der Waals surface area (Å²) in [7, 11) is 0. The topological polar surface area (TPSA) is 58.8 Å². The van der Waals surface area contributed by atoms with E-state index in [-0.39, 0.29) is 5.91 Å². The Labute approximate surface area is 116 Å². The number of likely N-dealkylation sites (tertiary alicyclic amines) is 1. The maximum atomic E-state index is 12.3. The molecule has 2 atom stereocenters. The second-order valence-corrected chi connectivity index (χ2v) is 5.58. The van der Waals surface area contributed by atoms with Crippen molar-refractivity contribution in [2.45, 2.75) is 32.2 Å². The number of nitrogens with zero attached hydrogens (tertiary/aromatic N) is 2. The van der Waals surface area contributed by atoms with Gasteiger partial charge in [-0.1, -0.05) is 13.3 Å². The molecule has 0 bridgehead atoms. The number of hydrogen-bond acceptors (Lipinski definition) is 4. The lowest BCUT2D eigenvalue weighted by atomic mass is 9.87. The second kappa shape index (κ2) is 7.22. The Morgan fingerprint density at radius 3 is 2.68 bits per heavy atom. The van der Waals surface area contributed by atoms with Gasteiger partial charge in [-0.25, -0.2) is 0 Å². The molecule has 0 aromatic rings. The molecule has 2 unspecified atom stereocenters. The molecule has 0 spiro atoms. The Morgan fingerprint density at radius 1 is 1.32 bits per heavy atom.